The van der Waals surface area contributed by atoms with E-state index in [0.717, 1.165) is 32.2 Å². The molecule has 0 bridgehead atoms. The Morgan fingerprint density at radius 3 is 2.53 bits per heavy atom. The lowest BCUT2D eigenvalue weighted by Gasteiger charge is -2.05. The third kappa shape index (κ3) is 7.33. The van der Waals surface area contributed by atoms with E-state index in [0.29, 0.717) is 12.5 Å². The van der Waals surface area contributed by atoms with Gasteiger partial charge in [-0.2, -0.15) is 0 Å². The molecule has 0 spiro atoms. The average molecular weight is 217 g/mol. The summed E-state index contributed by atoms with van der Waals surface area (Å²) in [6.45, 7) is 3.46. The van der Waals surface area contributed by atoms with E-state index >= 15 is 0 Å². The van der Waals surface area contributed by atoms with E-state index in [-0.39, 0.29) is 6.10 Å². The van der Waals surface area contributed by atoms with E-state index in [9.17, 15) is 4.79 Å². The fourth-order valence-corrected chi connectivity index (χ4v) is 1.39. The summed E-state index contributed by atoms with van der Waals surface area (Å²) in [4.78, 5) is 12.3. The Labute approximate surface area is 92.2 Å². The Bertz CT molecular complexity index is 167. The van der Waals surface area contributed by atoms with Crippen molar-refractivity contribution in [3.8, 4) is 0 Å². The Balaban J connectivity index is 0.000000262. The lowest BCUT2D eigenvalue weighted by molar-refractivity contribution is -0.126. The topological polar surface area (TPSA) is 49.8 Å². The highest BCUT2D eigenvalue weighted by molar-refractivity contribution is 5.77. The summed E-state index contributed by atoms with van der Waals surface area (Å²) >= 11 is 0. The van der Waals surface area contributed by atoms with Crippen LogP contribution in [0, 0.1) is 0 Å². The first-order valence-electron chi connectivity index (χ1n) is 5.52. The van der Waals surface area contributed by atoms with Gasteiger partial charge >= 0.3 is 0 Å². The summed E-state index contributed by atoms with van der Waals surface area (Å²) in [5.41, 5.74) is 0. The normalized spacial score (nSPS) is 17.3. The Morgan fingerprint density at radius 2 is 2.27 bits per heavy atom. The second kappa shape index (κ2) is 8.68. The van der Waals surface area contributed by atoms with Crippen LogP contribution in [-0.2, 0) is 9.53 Å². The van der Waals surface area contributed by atoms with Gasteiger partial charge in [0.2, 0.25) is 5.91 Å². The van der Waals surface area contributed by atoms with Crippen molar-refractivity contribution in [3.05, 3.63) is 0 Å². The Kier molecular flexibility index (Phi) is 8.33. The molecule has 1 aliphatic rings. The van der Waals surface area contributed by atoms with Crippen LogP contribution in [0.5, 0.6) is 0 Å². The van der Waals surface area contributed by atoms with Crippen molar-refractivity contribution in [3.63, 3.8) is 0 Å². The fourth-order valence-electron chi connectivity index (χ4n) is 1.39. The summed E-state index contributed by atoms with van der Waals surface area (Å²) in [6, 6.07) is 0. The molecule has 15 heavy (non-hydrogen) atoms. The zero-order valence-electron chi connectivity index (χ0n) is 10.0. The SMILES string of the molecule is CCCC(O)COC.CN1CCCC1=O. The van der Waals surface area contributed by atoms with Crippen molar-refractivity contribution in [2.45, 2.75) is 38.7 Å². The zero-order valence-corrected chi connectivity index (χ0v) is 10.0. The van der Waals surface area contributed by atoms with Crippen LogP contribution in [0.4, 0.5) is 0 Å². The lowest BCUT2D eigenvalue weighted by Crippen LogP contribution is -2.17. The van der Waals surface area contributed by atoms with Gasteiger partial charge in [0.1, 0.15) is 0 Å². The maximum absolute atomic E-state index is 10.5. The molecule has 0 aromatic carbocycles. The van der Waals surface area contributed by atoms with Gasteiger partial charge in [0.25, 0.3) is 0 Å². The Morgan fingerprint density at radius 1 is 1.60 bits per heavy atom. The lowest BCUT2D eigenvalue weighted by atomic mass is 10.2. The standard InChI is InChI=1S/C6H14O2.C5H9NO/c1-3-4-6(7)5-8-2;1-6-4-2-3-5(6)7/h6-7H,3-5H2,1-2H3;2-4H2,1H3. The van der Waals surface area contributed by atoms with E-state index in [1.165, 1.54) is 0 Å². The molecule has 1 unspecified atom stereocenters. The predicted molar refractivity (Wildman–Crippen MR) is 59.7 cm³/mol. The van der Waals surface area contributed by atoms with Crippen LogP contribution in [0.3, 0.4) is 0 Å². The first kappa shape index (κ1) is 14.4. The molecule has 0 aliphatic carbocycles. The van der Waals surface area contributed by atoms with Crippen molar-refractivity contribution >= 4 is 5.91 Å². The van der Waals surface area contributed by atoms with Crippen molar-refractivity contribution < 1.29 is 14.6 Å². The number of ether oxygens (including phenoxy) is 1. The van der Waals surface area contributed by atoms with E-state index in [2.05, 4.69) is 0 Å². The number of methoxy groups -OCH3 is 1. The first-order chi connectivity index (χ1) is 7.11. The molecule has 1 amide bonds. The minimum Gasteiger partial charge on any atom is -0.391 e. The monoisotopic (exact) mass is 217 g/mol. The minimum atomic E-state index is -0.259. The van der Waals surface area contributed by atoms with E-state index in [1.807, 2.05) is 14.0 Å². The van der Waals surface area contributed by atoms with Crippen LogP contribution in [0.1, 0.15) is 32.6 Å². The van der Waals surface area contributed by atoms with Crippen LogP contribution in [0.25, 0.3) is 0 Å². The van der Waals surface area contributed by atoms with Gasteiger partial charge in [-0.25, -0.2) is 0 Å². The molecular weight excluding hydrogens is 194 g/mol. The molecule has 1 rings (SSSR count). The van der Waals surface area contributed by atoms with Crippen LogP contribution in [0.15, 0.2) is 0 Å². The van der Waals surface area contributed by atoms with Gasteiger partial charge in [0.05, 0.1) is 12.7 Å². The summed E-state index contributed by atoms with van der Waals surface area (Å²) in [6.07, 6.45) is 3.41. The second-order valence-corrected chi connectivity index (χ2v) is 3.82. The van der Waals surface area contributed by atoms with Crippen LogP contribution in [-0.4, -0.2) is 49.3 Å². The highest BCUT2D eigenvalue weighted by atomic mass is 16.5. The van der Waals surface area contributed by atoms with Gasteiger partial charge in [-0.05, 0) is 12.8 Å². The molecule has 4 heteroatoms. The molecule has 0 aromatic heterocycles. The minimum absolute atomic E-state index is 0.259. The summed E-state index contributed by atoms with van der Waals surface area (Å²) < 4.78 is 4.71. The molecule has 0 aromatic rings. The van der Waals surface area contributed by atoms with Crippen molar-refractivity contribution in [2.24, 2.45) is 0 Å². The molecule has 0 radical (unpaired) electrons. The van der Waals surface area contributed by atoms with E-state index in [4.69, 9.17) is 9.84 Å². The number of hydrogen-bond donors (Lipinski definition) is 1. The number of hydrogen-bond acceptors (Lipinski definition) is 3. The quantitative estimate of drug-likeness (QED) is 0.765. The maximum atomic E-state index is 10.5. The van der Waals surface area contributed by atoms with Crippen LogP contribution < -0.4 is 0 Å². The van der Waals surface area contributed by atoms with E-state index < -0.39 is 0 Å². The summed E-state index contributed by atoms with van der Waals surface area (Å²) in [7, 11) is 3.44. The number of rotatable bonds is 4. The van der Waals surface area contributed by atoms with Gasteiger partial charge < -0.3 is 14.7 Å². The van der Waals surface area contributed by atoms with Gasteiger partial charge in [-0.15, -0.1) is 0 Å². The molecule has 1 N–H and O–H groups in total. The third-order valence-corrected chi connectivity index (χ3v) is 2.29. The summed E-state index contributed by atoms with van der Waals surface area (Å²) in [5.74, 6) is 0.292. The highest BCUT2D eigenvalue weighted by Crippen LogP contribution is 2.04. The number of carbonyl (C=O) groups excluding carboxylic acids is 1. The molecule has 1 heterocycles. The highest BCUT2D eigenvalue weighted by Gasteiger charge is 2.14. The molecule has 1 saturated heterocycles. The molecule has 90 valence electrons. The van der Waals surface area contributed by atoms with Gasteiger partial charge in [0, 0.05) is 27.1 Å². The molecule has 0 saturated carbocycles. The van der Waals surface area contributed by atoms with Crippen molar-refractivity contribution in [2.75, 3.05) is 27.3 Å². The molecule has 4 nitrogen and oxygen atoms in total. The van der Waals surface area contributed by atoms with Crippen LogP contribution in [0.2, 0.25) is 0 Å². The second-order valence-electron chi connectivity index (χ2n) is 3.82. The number of aliphatic hydroxyl groups excluding tert-OH is 1. The summed E-state index contributed by atoms with van der Waals surface area (Å²) in [5, 5.41) is 8.92. The number of carbonyl (C=O) groups is 1. The van der Waals surface area contributed by atoms with Crippen molar-refractivity contribution in [1.82, 2.24) is 4.90 Å². The number of amides is 1. The number of nitrogens with zero attached hydrogens (tertiary/aromatic N) is 1. The molecule has 1 fully saturated rings. The first-order valence-corrected chi connectivity index (χ1v) is 5.52. The molecule has 1 atom stereocenters. The predicted octanol–water partition coefficient (Wildman–Crippen LogP) is 1.03. The zero-order chi connectivity index (χ0) is 11.7. The largest absolute Gasteiger partial charge is 0.391 e. The van der Waals surface area contributed by atoms with Crippen LogP contribution >= 0.6 is 0 Å². The Hall–Kier alpha value is -0.610. The number of aliphatic hydroxyl groups is 1. The van der Waals surface area contributed by atoms with Gasteiger partial charge in [-0.3, -0.25) is 4.79 Å². The molecular formula is C11H23NO3. The van der Waals surface area contributed by atoms with Gasteiger partial charge in [-0.1, -0.05) is 13.3 Å². The maximum Gasteiger partial charge on any atom is 0.222 e. The smallest absolute Gasteiger partial charge is 0.222 e. The average Bonchev–Trinajstić information content (AvgIpc) is 2.53. The van der Waals surface area contributed by atoms with E-state index in [1.54, 1.807) is 12.0 Å². The van der Waals surface area contributed by atoms with Crippen molar-refractivity contribution in [1.29, 1.82) is 0 Å². The third-order valence-electron chi connectivity index (χ3n) is 2.29. The number of likely N-dealkylation sites (tertiary alicyclic amines) is 1. The molecule has 1 aliphatic heterocycles. The fraction of sp³-hybridized carbons (Fsp3) is 0.909. The van der Waals surface area contributed by atoms with Gasteiger partial charge in [0.15, 0.2) is 0 Å².